The number of carbonyl (C=O) groups is 1. The minimum absolute atomic E-state index is 0.000648. The van der Waals surface area contributed by atoms with E-state index in [-0.39, 0.29) is 6.03 Å². The van der Waals surface area contributed by atoms with Crippen molar-refractivity contribution in [3.8, 4) is 0 Å². The van der Waals surface area contributed by atoms with Crippen LogP contribution in [0.25, 0.3) is 0 Å². The van der Waals surface area contributed by atoms with Crippen molar-refractivity contribution in [2.45, 2.75) is 13.3 Å². The number of rotatable bonds is 1. The summed E-state index contributed by atoms with van der Waals surface area (Å²) in [6.45, 7) is 5.49. The molecule has 1 aliphatic heterocycles. The molecule has 1 heterocycles. The Labute approximate surface area is 102 Å². The molecule has 1 aromatic carbocycles. The average molecular weight is 233 g/mol. The Morgan fingerprint density at radius 2 is 2.24 bits per heavy atom. The molecular weight excluding hydrogens is 214 g/mol. The van der Waals surface area contributed by atoms with Gasteiger partial charge in [0.1, 0.15) is 0 Å². The van der Waals surface area contributed by atoms with E-state index in [9.17, 15) is 4.79 Å². The summed E-state index contributed by atoms with van der Waals surface area (Å²) in [5.74, 6) is 0. The van der Waals surface area contributed by atoms with Crippen molar-refractivity contribution in [1.29, 1.82) is 0 Å². The van der Waals surface area contributed by atoms with E-state index in [1.54, 1.807) is 0 Å². The monoisotopic (exact) mass is 233 g/mol. The number of nitrogens with one attached hydrogen (secondary N) is 2. The van der Waals surface area contributed by atoms with Gasteiger partial charge in [0.05, 0.1) is 0 Å². The number of hydrogen-bond donors (Lipinski definition) is 2. The smallest absolute Gasteiger partial charge is 0.321 e. The Morgan fingerprint density at radius 1 is 1.35 bits per heavy atom. The number of amides is 2. The molecule has 92 valence electrons. The van der Waals surface area contributed by atoms with Crippen molar-refractivity contribution in [3.63, 3.8) is 0 Å². The van der Waals surface area contributed by atoms with E-state index < -0.39 is 0 Å². The number of carbonyl (C=O) groups excluding carboxylic acids is 1. The standard InChI is InChI=1S/C13H19N3O/c1-11-4-2-5-12(10-11)15-13(17)16-8-3-6-14-7-9-16/h2,4-5,10,14H,3,6-9H2,1H3,(H,15,17). The maximum atomic E-state index is 12.0. The fourth-order valence-corrected chi connectivity index (χ4v) is 1.97. The molecule has 2 amide bonds. The van der Waals surface area contributed by atoms with Gasteiger partial charge in [0, 0.05) is 25.3 Å². The lowest BCUT2D eigenvalue weighted by atomic mass is 10.2. The molecule has 4 heteroatoms. The van der Waals surface area contributed by atoms with Gasteiger partial charge in [0.2, 0.25) is 0 Å². The molecule has 2 rings (SSSR count). The highest BCUT2D eigenvalue weighted by atomic mass is 16.2. The molecule has 1 saturated heterocycles. The van der Waals surface area contributed by atoms with Crippen LogP contribution in [0.1, 0.15) is 12.0 Å². The number of nitrogens with zero attached hydrogens (tertiary/aromatic N) is 1. The van der Waals surface area contributed by atoms with Crippen LogP contribution in [0.2, 0.25) is 0 Å². The molecule has 0 atom stereocenters. The molecule has 0 unspecified atom stereocenters. The summed E-state index contributed by atoms with van der Waals surface area (Å²) in [5, 5.41) is 6.22. The zero-order valence-electron chi connectivity index (χ0n) is 10.2. The van der Waals surface area contributed by atoms with Crippen LogP contribution >= 0.6 is 0 Å². The molecule has 2 N–H and O–H groups in total. The summed E-state index contributed by atoms with van der Waals surface area (Å²) in [4.78, 5) is 13.9. The predicted octanol–water partition coefficient (Wildman–Crippen LogP) is 1.82. The second-order valence-electron chi connectivity index (χ2n) is 4.39. The van der Waals surface area contributed by atoms with Gasteiger partial charge in [-0.15, -0.1) is 0 Å². The van der Waals surface area contributed by atoms with Gasteiger partial charge >= 0.3 is 6.03 Å². The first-order valence-electron chi connectivity index (χ1n) is 6.09. The molecule has 1 aromatic rings. The van der Waals surface area contributed by atoms with Crippen molar-refractivity contribution < 1.29 is 4.79 Å². The normalized spacial score (nSPS) is 16.4. The topological polar surface area (TPSA) is 44.4 Å². The van der Waals surface area contributed by atoms with Crippen LogP contribution in [0.15, 0.2) is 24.3 Å². The second-order valence-corrected chi connectivity index (χ2v) is 4.39. The summed E-state index contributed by atoms with van der Waals surface area (Å²) in [6, 6.07) is 7.87. The Hall–Kier alpha value is -1.55. The molecule has 0 radical (unpaired) electrons. The molecule has 0 aliphatic carbocycles. The van der Waals surface area contributed by atoms with Crippen molar-refractivity contribution >= 4 is 11.7 Å². The van der Waals surface area contributed by atoms with E-state index in [1.807, 2.05) is 36.1 Å². The van der Waals surface area contributed by atoms with Crippen molar-refractivity contribution in [3.05, 3.63) is 29.8 Å². The van der Waals surface area contributed by atoms with Crippen LogP contribution in [0, 0.1) is 6.92 Å². The van der Waals surface area contributed by atoms with E-state index in [1.165, 1.54) is 0 Å². The molecule has 0 bridgehead atoms. The Balaban J connectivity index is 1.95. The molecule has 0 spiro atoms. The van der Waals surface area contributed by atoms with Gasteiger partial charge in [-0.1, -0.05) is 12.1 Å². The second kappa shape index (κ2) is 5.68. The molecule has 1 aliphatic rings. The van der Waals surface area contributed by atoms with Crippen LogP contribution in [0.5, 0.6) is 0 Å². The van der Waals surface area contributed by atoms with Crippen LogP contribution in [0.4, 0.5) is 10.5 Å². The van der Waals surface area contributed by atoms with E-state index in [0.29, 0.717) is 0 Å². The fourth-order valence-electron chi connectivity index (χ4n) is 1.97. The first-order valence-corrected chi connectivity index (χ1v) is 6.09. The lowest BCUT2D eigenvalue weighted by Gasteiger charge is -2.20. The summed E-state index contributed by atoms with van der Waals surface area (Å²) in [5.41, 5.74) is 2.02. The van der Waals surface area contributed by atoms with E-state index >= 15 is 0 Å². The third-order valence-corrected chi connectivity index (χ3v) is 2.90. The quantitative estimate of drug-likeness (QED) is 0.777. The molecule has 0 saturated carbocycles. The van der Waals surface area contributed by atoms with Crippen molar-refractivity contribution in [2.24, 2.45) is 0 Å². The highest BCUT2D eigenvalue weighted by molar-refractivity contribution is 5.89. The van der Waals surface area contributed by atoms with Gasteiger partial charge in [-0.3, -0.25) is 0 Å². The summed E-state index contributed by atoms with van der Waals surface area (Å²) < 4.78 is 0. The highest BCUT2D eigenvalue weighted by Gasteiger charge is 2.14. The van der Waals surface area contributed by atoms with Crippen LogP contribution < -0.4 is 10.6 Å². The number of benzene rings is 1. The maximum absolute atomic E-state index is 12.0. The fraction of sp³-hybridized carbons (Fsp3) is 0.462. The van der Waals surface area contributed by atoms with E-state index in [0.717, 1.165) is 43.9 Å². The third kappa shape index (κ3) is 3.46. The van der Waals surface area contributed by atoms with Gasteiger partial charge in [-0.25, -0.2) is 4.79 Å². The van der Waals surface area contributed by atoms with E-state index in [4.69, 9.17) is 0 Å². The van der Waals surface area contributed by atoms with Gasteiger partial charge in [-0.2, -0.15) is 0 Å². The Bertz CT molecular complexity index is 384. The molecule has 1 fully saturated rings. The zero-order chi connectivity index (χ0) is 12.1. The first kappa shape index (κ1) is 11.9. The van der Waals surface area contributed by atoms with Gasteiger partial charge in [-0.05, 0) is 37.6 Å². The minimum atomic E-state index is -0.000648. The number of hydrogen-bond acceptors (Lipinski definition) is 2. The molecule has 4 nitrogen and oxygen atoms in total. The number of anilines is 1. The average Bonchev–Trinajstić information content (AvgIpc) is 2.57. The van der Waals surface area contributed by atoms with Gasteiger partial charge in [0.25, 0.3) is 0 Å². The third-order valence-electron chi connectivity index (χ3n) is 2.90. The first-order chi connectivity index (χ1) is 8.25. The molecule has 17 heavy (non-hydrogen) atoms. The van der Waals surface area contributed by atoms with Gasteiger partial charge in [0.15, 0.2) is 0 Å². The van der Waals surface area contributed by atoms with Crippen molar-refractivity contribution in [2.75, 3.05) is 31.5 Å². The SMILES string of the molecule is Cc1cccc(NC(=O)N2CCCNCC2)c1. The van der Waals surface area contributed by atoms with Crippen LogP contribution in [0.3, 0.4) is 0 Å². The number of aryl methyl sites for hydroxylation is 1. The summed E-state index contributed by atoms with van der Waals surface area (Å²) in [6.07, 6.45) is 1.02. The minimum Gasteiger partial charge on any atom is -0.323 e. The van der Waals surface area contributed by atoms with Crippen LogP contribution in [-0.4, -0.2) is 37.1 Å². The Morgan fingerprint density at radius 3 is 3.06 bits per heavy atom. The number of urea groups is 1. The summed E-state index contributed by atoms with van der Waals surface area (Å²) in [7, 11) is 0. The lowest BCUT2D eigenvalue weighted by Crippen LogP contribution is -2.37. The molecular formula is C13H19N3O. The lowest BCUT2D eigenvalue weighted by molar-refractivity contribution is 0.215. The Kier molecular flexibility index (Phi) is 3.98. The van der Waals surface area contributed by atoms with E-state index in [2.05, 4.69) is 10.6 Å². The summed E-state index contributed by atoms with van der Waals surface area (Å²) >= 11 is 0. The van der Waals surface area contributed by atoms with Crippen LogP contribution in [-0.2, 0) is 0 Å². The maximum Gasteiger partial charge on any atom is 0.321 e. The predicted molar refractivity (Wildman–Crippen MR) is 69.3 cm³/mol. The van der Waals surface area contributed by atoms with Crippen molar-refractivity contribution in [1.82, 2.24) is 10.2 Å². The zero-order valence-corrected chi connectivity index (χ0v) is 10.2. The van der Waals surface area contributed by atoms with Gasteiger partial charge < -0.3 is 15.5 Å². The molecule has 0 aromatic heterocycles. The largest absolute Gasteiger partial charge is 0.323 e. The highest BCUT2D eigenvalue weighted by Crippen LogP contribution is 2.10.